The summed E-state index contributed by atoms with van der Waals surface area (Å²) in [7, 11) is 0. The van der Waals surface area contributed by atoms with Crippen molar-refractivity contribution in [2.45, 2.75) is 6.92 Å². The van der Waals surface area contributed by atoms with E-state index in [1.54, 1.807) is 18.5 Å². The summed E-state index contributed by atoms with van der Waals surface area (Å²) in [5.74, 6) is 0.512. The van der Waals surface area contributed by atoms with E-state index in [4.69, 9.17) is 0 Å². The third-order valence-electron chi connectivity index (χ3n) is 1.99. The lowest BCUT2D eigenvalue weighted by Gasteiger charge is -2.04. The summed E-state index contributed by atoms with van der Waals surface area (Å²) in [4.78, 5) is 16.0. The number of aromatic nitrogens is 3. The molecule has 0 radical (unpaired) electrons. The SMILES string of the molecule is Cc1ccnc(-n2ncc(Br)c(Br)c2=O)c1. The summed E-state index contributed by atoms with van der Waals surface area (Å²) in [5, 5.41) is 4.01. The summed E-state index contributed by atoms with van der Waals surface area (Å²) in [5.41, 5.74) is 0.783. The van der Waals surface area contributed by atoms with Crippen LogP contribution >= 0.6 is 31.9 Å². The quantitative estimate of drug-likeness (QED) is 0.798. The Labute approximate surface area is 109 Å². The molecule has 16 heavy (non-hydrogen) atoms. The molecule has 0 spiro atoms. The fourth-order valence-corrected chi connectivity index (χ4v) is 1.74. The fourth-order valence-electron chi connectivity index (χ4n) is 1.21. The Morgan fingerprint density at radius 1 is 1.38 bits per heavy atom. The topological polar surface area (TPSA) is 47.8 Å². The summed E-state index contributed by atoms with van der Waals surface area (Å²) in [6.45, 7) is 1.93. The molecule has 2 aromatic rings. The van der Waals surface area contributed by atoms with Crippen LogP contribution in [-0.2, 0) is 0 Å². The molecule has 2 aromatic heterocycles. The average molecular weight is 345 g/mol. The second-order valence-corrected chi connectivity index (χ2v) is 4.86. The van der Waals surface area contributed by atoms with Crippen molar-refractivity contribution in [1.82, 2.24) is 14.8 Å². The predicted molar refractivity (Wildman–Crippen MR) is 67.8 cm³/mol. The van der Waals surface area contributed by atoms with Crippen molar-refractivity contribution in [3.8, 4) is 5.82 Å². The van der Waals surface area contributed by atoms with Crippen LogP contribution in [0.2, 0.25) is 0 Å². The Hall–Kier alpha value is -1.01. The van der Waals surface area contributed by atoms with E-state index < -0.39 is 0 Å². The Balaban J connectivity index is 2.66. The van der Waals surface area contributed by atoms with Crippen LogP contribution in [0.4, 0.5) is 0 Å². The van der Waals surface area contributed by atoms with Crippen molar-refractivity contribution in [1.29, 1.82) is 0 Å². The van der Waals surface area contributed by atoms with Crippen molar-refractivity contribution < 1.29 is 0 Å². The zero-order valence-corrected chi connectivity index (χ0v) is 11.5. The molecule has 0 saturated carbocycles. The molecule has 0 atom stereocenters. The molecule has 2 rings (SSSR count). The molecule has 0 amide bonds. The van der Waals surface area contributed by atoms with Gasteiger partial charge in [-0.15, -0.1) is 0 Å². The van der Waals surface area contributed by atoms with E-state index >= 15 is 0 Å². The molecule has 0 aliphatic rings. The first-order valence-corrected chi connectivity index (χ1v) is 6.04. The second kappa shape index (κ2) is 4.47. The molecule has 6 heteroatoms. The number of aryl methyl sites for hydroxylation is 1. The molecule has 2 heterocycles. The largest absolute Gasteiger partial charge is 0.288 e. The van der Waals surface area contributed by atoms with Gasteiger partial charge in [0.05, 0.1) is 10.7 Å². The molecule has 0 bridgehead atoms. The first-order valence-electron chi connectivity index (χ1n) is 4.46. The molecular weight excluding hydrogens is 338 g/mol. The Morgan fingerprint density at radius 3 is 2.81 bits per heavy atom. The smallest absolute Gasteiger partial charge is 0.266 e. The summed E-state index contributed by atoms with van der Waals surface area (Å²) >= 11 is 6.42. The molecule has 4 nitrogen and oxygen atoms in total. The normalized spacial score (nSPS) is 10.4. The molecule has 0 unspecified atom stereocenters. The van der Waals surface area contributed by atoms with Crippen LogP contribution in [0.5, 0.6) is 0 Å². The highest BCUT2D eigenvalue weighted by Gasteiger charge is 2.08. The van der Waals surface area contributed by atoms with E-state index in [1.165, 1.54) is 4.68 Å². The van der Waals surface area contributed by atoms with Gasteiger partial charge in [-0.05, 0) is 56.5 Å². The zero-order chi connectivity index (χ0) is 11.7. The summed E-state index contributed by atoms with van der Waals surface area (Å²) < 4.78 is 2.31. The molecule has 0 fully saturated rings. The Morgan fingerprint density at radius 2 is 2.12 bits per heavy atom. The Bertz CT molecular complexity index is 595. The van der Waals surface area contributed by atoms with Gasteiger partial charge in [0.2, 0.25) is 0 Å². The van der Waals surface area contributed by atoms with Gasteiger partial charge in [0, 0.05) is 6.20 Å². The van der Waals surface area contributed by atoms with Gasteiger partial charge in [0.15, 0.2) is 5.82 Å². The second-order valence-electron chi connectivity index (χ2n) is 3.21. The van der Waals surface area contributed by atoms with Gasteiger partial charge in [0.25, 0.3) is 5.56 Å². The maximum absolute atomic E-state index is 11.9. The van der Waals surface area contributed by atoms with Crippen LogP contribution < -0.4 is 5.56 Å². The monoisotopic (exact) mass is 343 g/mol. The lowest BCUT2D eigenvalue weighted by Crippen LogP contribution is -2.22. The van der Waals surface area contributed by atoms with Crippen LogP contribution in [0.3, 0.4) is 0 Å². The maximum atomic E-state index is 11.9. The molecule has 0 aromatic carbocycles. The number of halogens is 2. The molecule has 0 aliphatic heterocycles. The average Bonchev–Trinajstić information content (AvgIpc) is 2.26. The molecule has 82 valence electrons. The standard InChI is InChI=1S/C10H7Br2N3O/c1-6-2-3-13-8(4-6)15-10(16)9(12)7(11)5-14-15/h2-5H,1H3. The predicted octanol–water partition coefficient (Wildman–Crippen LogP) is 2.46. The van der Waals surface area contributed by atoms with E-state index in [0.717, 1.165) is 5.56 Å². The van der Waals surface area contributed by atoms with Crippen molar-refractivity contribution >= 4 is 31.9 Å². The molecule has 0 N–H and O–H groups in total. The minimum atomic E-state index is -0.243. The van der Waals surface area contributed by atoms with Crippen molar-refractivity contribution in [3.63, 3.8) is 0 Å². The molecule has 0 aliphatic carbocycles. The van der Waals surface area contributed by atoms with Gasteiger partial charge in [-0.3, -0.25) is 4.79 Å². The van der Waals surface area contributed by atoms with Gasteiger partial charge in [-0.25, -0.2) is 4.98 Å². The van der Waals surface area contributed by atoms with Crippen LogP contribution in [0.15, 0.2) is 38.3 Å². The van der Waals surface area contributed by atoms with E-state index in [1.807, 2.05) is 13.0 Å². The van der Waals surface area contributed by atoms with Crippen molar-refractivity contribution in [2.75, 3.05) is 0 Å². The lowest BCUT2D eigenvalue weighted by molar-refractivity contribution is 0.771. The maximum Gasteiger partial charge on any atom is 0.288 e. The molecular formula is C10H7Br2N3O. The third kappa shape index (κ3) is 2.08. The van der Waals surface area contributed by atoms with E-state index in [9.17, 15) is 4.79 Å². The number of rotatable bonds is 1. The van der Waals surface area contributed by atoms with Gasteiger partial charge < -0.3 is 0 Å². The first kappa shape index (κ1) is 11.5. The van der Waals surface area contributed by atoms with E-state index in [-0.39, 0.29) is 5.56 Å². The Kier molecular flexibility index (Phi) is 3.20. The highest BCUT2D eigenvalue weighted by molar-refractivity contribution is 9.13. The summed E-state index contributed by atoms with van der Waals surface area (Å²) in [6, 6.07) is 3.66. The van der Waals surface area contributed by atoms with Crippen molar-refractivity contribution in [2.24, 2.45) is 0 Å². The number of hydrogen-bond acceptors (Lipinski definition) is 3. The van der Waals surface area contributed by atoms with Crippen molar-refractivity contribution in [3.05, 3.63) is 49.4 Å². The first-order chi connectivity index (χ1) is 7.59. The lowest BCUT2D eigenvalue weighted by atomic mass is 10.3. The molecule has 0 saturated heterocycles. The highest BCUT2D eigenvalue weighted by atomic mass is 79.9. The fraction of sp³-hybridized carbons (Fsp3) is 0.100. The van der Waals surface area contributed by atoms with E-state index in [0.29, 0.717) is 14.8 Å². The van der Waals surface area contributed by atoms with Crippen LogP contribution in [0, 0.1) is 6.92 Å². The highest BCUT2D eigenvalue weighted by Crippen LogP contribution is 2.17. The third-order valence-corrected chi connectivity index (χ3v) is 3.89. The van der Waals surface area contributed by atoms with Gasteiger partial charge >= 0.3 is 0 Å². The van der Waals surface area contributed by atoms with Crippen LogP contribution in [0.1, 0.15) is 5.56 Å². The van der Waals surface area contributed by atoms with Gasteiger partial charge in [-0.2, -0.15) is 9.78 Å². The minimum absolute atomic E-state index is 0.243. The number of nitrogens with zero attached hydrogens (tertiary/aromatic N) is 3. The summed E-state index contributed by atoms with van der Waals surface area (Å²) in [6.07, 6.45) is 3.20. The number of pyridine rings is 1. The van der Waals surface area contributed by atoms with Gasteiger partial charge in [-0.1, -0.05) is 0 Å². The zero-order valence-electron chi connectivity index (χ0n) is 8.32. The number of hydrogen-bond donors (Lipinski definition) is 0. The van der Waals surface area contributed by atoms with E-state index in [2.05, 4.69) is 41.9 Å². The van der Waals surface area contributed by atoms with Gasteiger partial charge in [0.1, 0.15) is 4.47 Å². The minimum Gasteiger partial charge on any atom is -0.266 e. The van der Waals surface area contributed by atoms with Crippen LogP contribution in [-0.4, -0.2) is 14.8 Å². The van der Waals surface area contributed by atoms with Crippen LogP contribution in [0.25, 0.3) is 5.82 Å².